The number of anilines is 1. The maximum absolute atomic E-state index is 12.2. The number of alkyl halides is 2. The summed E-state index contributed by atoms with van der Waals surface area (Å²) in [5.74, 6) is -1.06. The largest absolute Gasteiger partial charge is 0.368 e. The van der Waals surface area contributed by atoms with Crippen LogP contribution in [0.15, 0.2) is 24.3 Å². The van der Waals surface area contributed by atoms with E-state index in [-0.39, 0.29) is 0 Å². The van der Waals surface area contributed by atoms with E-state index in [0.717, 1.165) is 5.69 Å². The maximum atomic E-state index is 12.2. The van der Waals surface area contributed by atoms with Gasteiger partial charge in [0.25, 0.3) is 5.91 Å². The van der Waals surface area contributed by atoms with Crippen molar-refractivity contribution in [3.8, 4) is 0 Å². The van der Waals surface area contributed by atoms with Gasteiger partial charge < -0.3 is 9.80 Å². The molecular formula is C12H13F2N2O. The Hall–Kier alpha value is -1.65. The van der Waals surface area contributed by atoms with Crippen molar-refractivity contribution >= 4 is 11.6 Å². The van der Waals surface area contributed by atoms with Crippen LogP contribution in [0.4, 0.5) is 14.5 Å². The Morgan fingerprint density at radius 2 is 1.76 bits per heavy atom. The van der Waals surface area contributed by atoms with E-state index >= 15 is 0 Å². The molecule has 1 amide bonds. The number of carbonyl (C=O) groups excluding carboxylic acids is 1. The van der Waals surface area contributed by atoms with Crippen molar-refractivity contribution in [1.82, 2.24) is 4.90 Å². The van der Waals surface area contributed by atoms with Gasteiger partial charge in [-0.2, -0.15) is 8.78 Å². The van der Waals surface area contributed by atoms with Crippen LogP contribution in [0.5, 0.6) is 0 Å². The number of carbonyl (C=O) groups is 1. The predicted octanol–water partition coefficient (Wildman–Crippen LogP) is 1.40. The SMILES string of the molecule is O=C(C(F)F)N1CCN(c2cc[c]cc2)CC1. The van der Waals surface area contributed by atoms with Gasteiger partial charge in [-0.25, -0.2) is 0 Å². The lowest BCUT2D eigenvalue weighted by Crippen LogP contribution is -2.50. The molecule has 3 nitrogen and oxygen atoms in total. The molecule has 0 aromatic heterocycles. The number of nitrogens with zero attached hydrogens (tertiary/aromatic N) is 2. The second kappa shape index (κ2) is 5.12. The summed E-state index contributed by atoms with van der Waals surface area (Å²) in [5.41, 5.74) is 1.04. The van der Waals surface area contributed by atoms with Crippen LogP contribution in [0.25, 0.3) is 0 Å². The molecule has 0 unspecified atom stereocenters. The molecule has 1 fully saturated rings. The van der Waals surface area contributed by atoms with Crippen LogP contribution < -0.4 is 4.90 Å². The van der Waals surface area contributed by atoms with Crippen molar-refractivity contribution in [1.29, 1.82) is 0 Å². The molecule has 0 atom stereocenters. The zero-order chi connectivity index (χ0) is 12.3. The molecule has 0 saturated carbocycles. The zero-order valence-electron chi connectivity index (χ0n) is 9.27. The lowest BCUT2D eigenvalue weighted by atomic mass is 10.2. The quantitative estimate of drug-likeness (QED) is 0.779. The van der Waals surface area contributed by atoms with Crippen LogP contribution in [0, 0.1) is 6.07 Å². The number of hydrogen-bond acceptors (Lipinski definition) is 2. The lowest BCUT2D eigenvalue weighted by Gasteiger charge is -2.35. The predicted molar refractivity (Wildman–Crippen MR) is 60.1 cm³/mol. The third-order valence-corrected chi connectivity index (χ3v) is 2.84. The van der Waals surface area contributed by atoms with Gasteiger partial charge in [0.15, 0.2) is 0 Å². The maximum Gasteiger partial charge on any atom is 0.315 e. The van der Waals surface area contributed by atoms with Crippen LogP contribution >= 0.6 is 0 Å². The highest BCUT2D eigenvalue weighted by molar-refractivity contribution is 5.79. The van der Waals surface area contributed by atoms with E-state index < -0.39 is 12.3 Å². The first-order valence-electron chi connectivity index (χ1n) is 5.46. The summed E-state index contributed by atoms with van der Waals surface area (Å²) in [6, 6.07) is 10.4. The van der Waals surface area contributed by atoms with E-state index in [2.05, 4.69) is 11.0 Å². The van der Waals surface area contributed by atoms with Crippen LogP contribution in [-0.4, -0.2) is 43.4 Å². The van der Waals surface area contributed by atoms with Crippen molar-refractivity contribution in [2.75, 3.05) is 31.1 Å². The van der Waals surface area contributed by atoms with E-state index in [4.69, 9.17) is 0 Å². The van der Waals surface area contributed by atoms with Crippen molar-refractivity contribution in [3.63, 3.8) is 0 Å². The van der Waals surface area contributed by atoms with Gasteiger partial charge in [-0.1, -0.05) is 12.1 Å². The molecule has 1 aliphatic heterocycles. The third-order valence-electron chi connectivity index (χ3n) is 2.84. The van der Waals surface area contributed by atoms with E-state index in [9.17, 15) is 13.6 Å². The molecule has 2 rings (SSSR count). The van der Waals surface area contributed by atoms with Gasteiger partial charge in [-0.15, -0.1) is 0 Å². The molecule has 1 aromatic rings. The van der Waals surface area contributed by atoms with Crippen molar-refractivity contribution in [2.24, 2.45) is 0 Å². The molecule has 17 heavy (non-hydrogen) atoms. The average Bonchev–Trinajstić information content (AvgIpc) is 2.39. The highest BCUT2D eigenvalue weighted by atomic mass is 19.3. The Labute approximate surface area is 98.6 Å². The van der Waals surface area contributed by atoms with Crippen LogP contribution in [-0.2, 0) is 4.79 Å². The first-order chi connectivity index (χ1) is 8.18. The van der Waals surface area contributed by atoms with E-state index in [1.165, 1.54) is 4.90 Å². The van der Waals surface area contributed by atoms with Crippen molar-refractivity contribution < 1.29 is 13.6 Å². The first-order valence-corrected chi connectivity index (χ1v) is 5.46. The number of halogens is 2. The number of rotatable bonds is 2. The standard InChI is InChI=1S/C12H13F2N2O/c13-11(14)12(17)16-8-6-15(7-9-16)10-4-2-1-3-5-10/h2-5,11H,6-9H2. The smallest absolute Gasteiger partial charge is 0.315 e. The van der Waals surface area contributed by atoms with Gasteiger partial charge >= 0.3 is 6.43 Å². The second-order valence-electron chi connectivity index (χ2n) is 3.87. The number of amides is 1. The Morgan fingerprint density at radius 3 is 2.29 bits per heavy atom. The van der Waals surface area contributed by atoms with Crippen molar-refractivity contribution in [3.05, 3.63) is 30.3 Å². The fourth-order valence-electron chi connectivity index (χ4n) is 1.91. The van der Waals surface area contributed by atoms with Gasteiger partial charge in [0, 0.05) is 31.9 Å². The monoisotopic (exact) mass is 239 g/mol. The number of benzene rings is 1. The normalized spacial score (nSPS) is 16.4. The Kier molecular flexibility index (Phi) is 3.56. The van der Waals surface area contributed by atoms with Crippen LogP contribution in [0.1, 0.15) is 0 Å². The molecule has 0 N–H and O–H groups in total. The fraction of sp³-hybridized carbons (Fsp3) is 0.417. The van der Waals surface area contributed by atoms with E-state index in [1.54, 1.807) is 0 Å². The highest BCUT2D eigenvalue weighted by Gasteiger charge is 2.26. The minimum absolute atomic E-state index is 0.349. The summed E-state index contributed by atoms with van der Waals surface area (Å²) in [6.45, 7) is 1.87. The fourth-order valence-corrected chi connectivity index (χ4v) is 1.91. The highest BCUT2D eigenvalue weighted by Crippen LogP contribution is 2.16. The van der Waals surface area contributed by atoms with E-state index in [1.807, 2.05) is 24.3 Å². The van der Waals surface area contributed by atoms with Crippen LogP contribution in [0.2, 0.25) is 0 Å². The third kappa shape index (κ3) is 2.72. The molecule has 0 spiro atoms. The molecule has 1 radical (unpaired) electrons. The van der Waals surface area contributed by atoms with Gasteiger partial charge in [0.1, 0.15) is 0 Å². The molecular weight excluding hydrogens is 226 g/mol. The molecule has 5 heteroatoms. The Balaban J connectivity index is 1.93. The molecule has 91 valence electrons. The molecule has 1 heterocycles. The van der Waals surface area contributed by atoms with Gasteiger partial charge in [-0.05, 0) is 18.2 Å². The molecule has 1 aliphatic rings. The Bertz CT molecular complexity index is 375. The summed E-state index contributed by atoms with van der Waals surface area (Å²) < 4.78 is 24.4. The second-order valence-corrected chi connectivity index (χ2v) is 3.87. The topological polar surface area (TPSA) is 23.6 Å². The summed E-state index contributed by atoms with van der Waals surface area (Å²) >= 11 is 0. The molecule has 1 aromatic carbocycles. The molecule has 1 saturated heterocycles. The summed E-state index contributed by atoms with van der Waals surface area (Å²) in [6.07, 6.45) is -2.90. The summed E-state index contributed by atoms with van der Waals surface area (Å²) in [5, 5.41) is 0. The molecule has 0 aliphatic carbocycles. The minimum Gasteiger partial charge on any atom is -0.368 e. The lowest BCUT2D eigenvalue weighted by molar-refractivity contribution is -0.143. The molecule has 0 bridgehead atoms. The van der Waals surface area contributed by atoms with Crippen LogP contribution in [0.3, 0.4) is 0 Å². The van der Waals surface area contributed by atoms with Crippen molar-refractivity contribution in [2.45, 2.75) is 6.43 Å². The van der Waals surface area contributed by atoms with Gasteiger partial charge in [0.05, 0.1) is 0 Å². The van der Waals surface area contributed by atoms with Gasteiger partial charge in [-0.3, -0.25) is 4.79 Å². The summed E-state index contributed by atoms with van der Waals surface area (Å²) in [7, 11) is 0. The first kappa shape index (κ1) is 11.8. The number of piperazine rings is 1. The van der Waals surface area contributed by atoms with E-state index in [0.29, 0.717) is 26.2 Å². The summed E-state index contributed by atoms with van der Waals surface area (Å²) in [4.78, 5) is 14.4. The zero-order valence-corrected chi connectivity index (χ0v) is 9.27. The minimum atomic E-state index is -2.90. The average molecular weight is 239 g/mol. The number of hydrogen-bond donors (Lipinski definition) is 0. The Morgan fingerprint density at radius 1 is 1.18 bits per heavy atom. The van der Waals surface area contributed by atoms with Gasteiger partial charge in [0.2, 0.25) is 0 Å².